The van der Waals surface area contributed by atoms with E-state index in [1.807, 2.05) is 18.2 Å². The zero-order chi connectivity index (χ0) is 14.8. The van der Waals surface area contributed by atoms with Crippen molar-refractivity contribution in [3.05, 3.63) is 28.2 Å². The molecule has 110 valence electrons. The predicted molar refractivity (Wildman–Crippen MR) is 80.9 cm³/mol. The summed E-state index contributed by atoms with van der Waals surface area (Å²) in [6.07, 6.45) is 2.46. The second kappa shape index (κ2) is 6.14. The molecule has 1 aromatic rings. The zero-order valence-electron chi connectivity index (χ0n) is 11.8. The van der Waals surface area contributed by atoms with Gasteiger partial charge in [0.05, 0.1) is 5.41 Å². The van der Waals surface area contributed by atoms with E-state index in [2.05, 4.69) is 21.2 Å². The highest BCUT2D eigenvalue weighted by Crippen LogP contribution is 2.27. The Bertz CT molecular complexity index is 498. The third-order valence-corrected chi connectivity index (χ3v) is 3.84. The van der Waals surface area contributed by atoms with Gasteiger partial charge in [-0.05, 0) is 44.9 Å². The maximum Gasteiger partial charge on any atom is 0.312 e. The first kappa shape index (κ1) is 15.3. The maximum atomic E-state index is 11.1. The third-order valence-electron chi connectivity index (χ3n) is 3.35. The van der Waals surface area contributed by atoms with Gasteiger partial charge in [-0.25, -0.2) is 0 Å². The fraction of sp³-hybridized carbons (Fsp3) is 0.533. The lowest BCUT2D eigenvalue weighted by Gasteiger charge is -2.21. The third kappa shape index (κ3) is 4.21. The second-order valence-corrected chi connectivity index (χ2v) is 6.80. The molecule has 0 heterocycles. The summed E-state index contributed by atoms with van der Waals surface area (Å²) in [7, 11) is 0. The number of carbonyl (C=O) groups is 1. The number of hydrogen-bond acceptors (Lipinski definition) is 3. The van der Waals surface area contributed by atoms with Gasteiger partial charge in [0, 0.05) is 22.6 Å². The molecule has 0 spiro atoms. The van der Waals surface area contributed by atoms with E-state index in [9.17, 15) is 4.79 Å². The number of aliphatic carboxylic acids is 1. The van der Waals surface area contributed by atoms with Crippen LogP contribution in [-0.2, 0) is 11.3 Å². The monoisotopic (exact) mass is 341 g/mol. The average molecular weight is 342 g/mol. The molecule has 1 aromatic carbocycles. The minimum atomic E-state index is -0.895. The molecular weight excluding hydrogens is 322 g/mol. The first-order valence-corrected chi connectivity index (χ1v) is 7.56. The van der Waals surface area contributed by atoms with Gasteiger partial charge >= 0.3 is 5.97 Å². The summed E-state index contributed by atoms with van der Waals surface area (Å²) >= 11 is 3.46. The van der Waals surface area contributed by atoms with Gasteiger partial charge in [0.2, 0.25) is 0 Å². The number of ether oxygens (including phenoxy) is 1. The van der Waals surface area contributed by atoms with Crippen molar-refractivity contribution in [1.29, 1.82) is 0 Å². The number of rotatable bonds is 7. The van der Waals surface area contributed by atoms with Gasteiger partial charge in [0.15, 0.2) is 0 Å². The van der Waals surface area contributed by atoms with E-state index in [0.29, 0.717) is 6.04 Å². The molecule has 0 bridgehead atoms. The minimum Gasteiger partial charge on any atom is -0.492 e. The summed E-state index contributed by atoms with van der Waals surface area (Å²) in [5, 5.41) is 12.6. The van der Waals surface area contributed by atoms with Gasteiger partial charge in [-0.15, -0.1) is 0 Å². The van der Waals surface area contributed by atoms with Crippen LogP contribution in [0.2, 0.25) is 0 Å². The van der Waals surface area contributed by atoms with E-state index in [0.717, 1.165) is 22.3 Å². The van der Waals surface area contributed by atoms with Crippen LogP contribution in [0.3, 0.4) is 0 Å². The average Bonchev–Trinajstić information content (AvgIpc) is 3.19. The summed E-state index contributed by atoms with van der Waals surface area (Å²) in [6.45, 7) is 4.22. The lowest BCUT2D eigenvalue weighted by molar-refractivity contribution is -0.148. The molecule has 4 nitrogen and oxygen atoms in total. The standard InChI is InChI=1S/C15H20BrNO3/c1-15(2,14(18)19)9-20-13-6-3-11(16)7-10(13)8-17-12-4-5-12/h3,6-7,12,17H,4-5,8-9H2,1-2H3,(H,18,19). The van der Waals surface area contributed by atoms with E-state index >= 15 is 0 Å². The Labute approximate surface area is 127 Å². The van der Waals surface area contributed by atoms with Gasteiger partial charge in [0.25, 0.3) is 0 Å². The predicted octanol–water partition coefficient (Wildman–Crippen LogP) is 3.19. The summed E-state index contributed by atoms with van der Waals surface area (Å²) < 4.78 is 6.72. The molecule has 1 saturated carbocycles. The van der Waals surface area contributed by atoms with E-state index in [4.69, 9.17) is 9.84 Å². The maximum absolute atomic E-state index is 11.1. The number of benzene rings is 1. The fourth-order valence-corrected chi connectivity index (χ4v) is 2.10. The summed E-state index contributed by atoms with van der Waals surface area (Å²) in [4.78, 5) is 11.1. The van der Waals surface area contributed by atoms with Crippen molar-refractivity contribution in [3.63, 3.8) is 0 Å². The number of hydrogen-bond donors (Lipinski definition) is 2. The van der Waals surface area contributed by atoms with Crippen molar-refractivity contribution in [2.45, 2.75) is 39.3 Å². The highest BCUT2D eigenvalue weighted by Gasteiger charge is 2.28. The molecule has 0 radical (unpaired) electrons. The SMILES string of the molecule is CC(C)(COc1ccc(Br)cc1CNC1CC1)C(=O)O. The molecule has 0 atom stereocenters. The van der Waals surface area contributed by atoms with Gasteiger partial charge in [-0.3, -0.25) is 4.79 Å². The Morgan fingerprint density at radius 1 is 1.50 bits per heavy atom. The topological polar surface area (TPSA) is 58.6 Å². The minimum absolute atomic E-state index is 0.153. The van der Waals surface area contributed by atoms with Crippen LogP contribution in [0.4, 0.5) is 0 Å². The highest BCUT2D eigenvalue weighted by molar-refractivity contribution is 9.10. The number of carboxylic acid groups (broad SMARTS) is 1. The fourth-order valence-electron chi connectivity index (χ4n) is 1.69. The number of halogens is 1. The first-order chi connectivity index (χ1) is 9.38. The first-order valence-electron chi connectivity index (χ1n) is 6.76. The molecule has 1 aliphatic carbocycles. The Morgan fingerprint density at radius 2 is 2.20 bits per heavy atom. The Hall–Kier alpha value is -1.07. The van der Waals surface area contributed by atoms with E-state index in [-0.39, 0.29) is 6.61 Å². The van der Waals surface area contributed by atoms with Crippen LogP contribution in [0.5, 0.6) is 5.75 Å². The molecule has 0 unspecified atom stereocenters. The van der Waals surface area contributed by atoms with E-state index < -0.39 is 11.4 Å². The Balaban J connectivity index is 2.03. The largest absolute Gasteiger partial charge is 0.492 e. The van der Waals surface area contributed by atoms with Crippen LogP contribution in [0, 0.1) is 5.41 Å². The molecule has 20 heavy (non-hydrogen) atoms. The van der Waals surface area contributed by atoms with Gasteiger partial charge in [0.1, 0.15) is 12.4 Å². The van der Waals surface area contributed by atoms with Crippen molar-refractivity contribution in [3.8, 4) is 5.75 Å². The lowest BCUT2D eigenvalue weighted by Crippen LogP contribution is -2.31. The van der Waals surface area contributed by atoms with Gasteiger partial charge in [-0.1, -0.05) is 15.9 Å². The molecule has 1 fully saturated rings. The van der Waals surface area contributed by atoms with Crippen molar-refractivity contribution in [2.24, 2.45) is 5.41 Å². The smallest absolute Gasteiger partial charge is 0.312 e. The molecule has 2 rings (SSSR count). The molecule has 0 aromatic heterocycles. The molecule has 0 aliphatic heterocycles. The van der Waals surface area contributed by atoms with Gasteiger partial charge in [-0.2, -0.15) is 0 Å². The van der Waals surface area contributed by atoms with Crippen molar-refractivity contribution >= 4 is 21.9 Å². The van der Waals surface area contributed by atoms with Crippen LogP contribution in [0.15, 0.2) is 22.7 Å². The molecule has 0 amide bonds. The zero-order valence-corrected chi connectivity index (χ0v) is 13.4. The van der Waals surface area contributed by atoms with Crippen molar-refractivity contribution in [2.75, 3.05) is 6.61 Å². The summed E-state index contributed by atoms with van der Waals surface area (Å²) in [6, 6.07) is 6.42. The van der Waals surface area contributed by atoms with Crippen LogP contribution < -0.4 is 10.1 Å². The number of nitrogens with one attached hydrogen (secondary N) is 1. The van der Waals surface area contributed by atoms with Crippen LogP contribution >= 0.6 is 15.9 Å². The normalized spacial score (nSPS) is 15.2. The Morgan fingerprint density at radius 3 is 2.80 bits per heavy atom. The van der Waals surface area contributed by atoms with Crippen LogP contribution in [-0.4, -0.2) is 23.7 Å². The number of carboxylic acids is 1. The highest BCUT2D eigenvalue weighted by atomic mass is 79.9. The summed E-state index contributed by atoms with van der Waals surface area (Å²) in [5.41, 5.74) is 0.154. The molecule has 5 heteroatoms. The summed E-state index contributed by atoms with van der Waals surface area (Å²) in [5.74, 6) is -0.108. The van der Waals surface area contributed by atoms with Crippen LogP contribution in [0.1, 0.15) is 32.3 Å². The van der Waals surface area contributed by atoms with Crippen LogP contribution in [0.25, 0.3) is 0 Å². The molecule has 1 aliphatic rings. The van der Waals surface area contributed by atoms with Gasteiger partial charge < -0.3 is 15.2 Å². The van der Waals surface area contributed by atoms with E-state index in [1.165, 1.54) is 12.8 Å². The lowest BCUT2D eigenvalue weighted by atomic mass is 9.95. The Kier molecular flexibility index (Phi) is 4.70. The molecule has 2 N–H and O–H groups in total. The quantitative estimate of drug-likeness (QED) is 0.799. The van der Waals surface area contributed by atoms with Crippen molar-refractivity contribution < 1.29 is 14.6 Å². The van der Waals surface area contributed by atoms with Crippen molar-refractivity contribution in [1.82, 2.24) is 5.32 Å². The molecule has 0 saturated heterocycles. The van der Waals surface area contributed by atoms with E-state index in [1.54, 1.807) is 13.8 Å². The molecular formula is C15H20BrNO3. The second-order valence-electron chi connectivity index (χ2n) is 5.88.